The van der Waals surface area contributed by atoms with Crippen molar-refractivity contribution in [2.75, 3.05) is 12.4 Å². The monoisotopic (exact) mass is 323 g/mol. The van der Waals surface area contributed by atoms with Gasteiger partial charge in [0.2, 0.25) is 0 Å². The highest BCUT2D eigenvalue weighted by Crippen LogP contribution is 2.21. The van der Waals surface area contributed by atoms with E-state index in [0.717, 1.165) is 4.88 Å². The molecule has 0 radical (unpaired) electrons. The van der Waals surface area contributed by atoms with Gasteiger partial charge in [-0.2, -0.15) is 0 Å². The molecule has 0 aliphatic carbocycles. The van der Waals surface area contributed by atoms with Crippen molar-refractivity contribution < 1.29 is 9.59 Å². The number of carbonyl (C=O) groups is 2. The number of carbonyl (C=O) groups excluding carboxylic acids is 2. The largest absolute Gasteiger partial charge is 0.355 e. The van der Waals surface area contributed by atoms with Gasteiger partial charge >= 0.3 is 6.03 Å². The Labute approximate surface area is 131 Å². The zero-order valence-corrected chi connectivity index (χ0v) is 12.8. The molecule has 0 fully saturated rings. The van der Waals surface area contributed by atoms with Crippen LogP contribution in [0.4, 0.5) is 10.5 Å². The minimum Gasteiger partial charge on any atom is -0.355 e. The number of thiophene rings is 1. The van der Waals surface area contributed by atoms with E-state index in [9.17, 15) is 9.59 Å². The van der Waals surface area contributed by atoms with Gasteiger partial charge in [0, 0.05) is 17.6 Å². The topological polar surface area (TPSA) is 70.2 Å². The predicted octanol–water partition coefficient (Wildman–Crippen LogP) is 3.08. The van der Waals surface area contributed by atoms with Crippen LogP contribution in [-0.2, 0) is 6.54 Å². The number of benzene rings is 1. The summed E-state index contributed by atoms with van der Waals surface area (Å²) in [6.07, 6.45) is 0. The Morgan fingerprint density at radius 1 is 1.29 bits per heavy atom. The third-order valence-electron chi connectivity index (χ3n) is 2.70. The fraction of sp³-hybridized carbons (Fsp3) is 0.143. The molecule has 0 aliphatic heterocycles. The van der Waals surface area contributed by atoms with Crippen molar-refractivity contribution in [3.63, 3.8) is 0 Å². The minimum atomic E-state index is -0.327. The Morgan fingerprint density at radius 3 is 2.71 bits per heavy atom. The summed E-state index contributed by atoms with van der Waals surface area (Å²) < 4.78 is 0. The molecule has 3 N–H and O–H groups in total. The molecule has 3 amide bonds. The summed E-state index contributed by atoms with van der Waals surface area (Å²) in [4.78, 5) is 24.3. The molecule has 0 unspecified atom stereocenters. The highest BCUT2D eigenvalue weighted by Gasteiger charge is 2.10. The van der Waals surface area contributed by atoms with Crippen LogP contribution in [0.5, 0.6) is 0 Å². The molecule has 7 heteroatoms. The van der Waals surface area contributed by atoms with Crippen molar-refractivity contribution in [1.29, 1.82) is 0 Å². The maximum absolute atomic E-state index is 11.8. The van der Waals surface area contributed by atoms with Gasteiger partial charge in [-0.05, 0) is 29.6 Å². The molecule has 21 heavy (non-hydrogen) atoms. The quantitative estimate of drug-likeness (QED) is 0.809. The van der Waals surface area contributed by atoms with E-state index in [0.29, 0.717) is 17.8 Å². The van der Waals surface area contributed by atoms with Crippen molar-refractivity contribution in [2.24, 2.45) is 0 Å². The summed E-state index contributed by atoms with van der Waals surface area (Å²) in [7, 11) is 1.53. The Bertz CT molecular complexity index is 644. The summed E-state index contributed by atoms with van der Waals surface area (Å²) in [5, 5.41) is 10.1. The lowest BCUT2D eigenvalue weighted by atomic mass is 10.2. The highest BCUT2D eigenvalue weighted by atomic mass is 35.5. The number of urea groups is 1. The summed E-state index contributed by atoms with van der Waals surface area (Å²) in [5.74, 6) is -0.270. The van der Waals surface area contributed by atoms with Gasteiger partial charge in [-0.1, -0.05) is 17.7 Å². The smallest absolute Gasteiger partial charge is 0.319 e. The van der Waals surface area contributed by atoms with Gasteiger partial charge in [-0.25, -0.2) is 4.79 Å². The van der Waals surface area contributed by atoms with Crippen LogP contribution in [0.2, 0.25) is 5.02 Å². The molecule has 1 aromatic heterocycles. The molecule has 0 bridgehead atoms. The first-order valence-electron chi connectivity index (χ1n) is 6.19. The van der Waals surface area contributed by atoms with Crippen LogP contribution in [-0.4, -0.2) is 19.0 Å². The standard InChI is InChI=1S/C14H14ClN3O2S/c1-16-13(19)11-5-4-9(7-12(11)15)18-14(20)17-8-10-3-2-6-21-10/h2-7H,8H2,1H3,(H,16,19)(H2,17,18,20). The first-order chi connectivity index (χ1) is 10.1. The second-order valence-corrected chi connectivity index (χ2v) is 5.60. The Balaban J connectivity index is 1.94. The van der Waals surface area contributed by atoms with Crippen molar-refractivity contribution in [3.8, 4) is 0 Å². The third-order valence-corrected chi connectivity index (χ3v) is 3.89. The normalized spacial score (nSPS) is 10.0. The van der Waals surface area contributed by atoms with Crippen molar-refractivity contribution in [3.05, 3.63) is 51.2 Å². The highest BCUT2D eigenvalue weighted by molar-refractivity contribution is 7.09. The Morgan fingerprint density at radius 2 is 2.10 bits per heavy atom. The number of hydrogen-bond acceptors (Lipinski definition) is 3. The van der Waals surface area contributed by atoms with E-state index >= 15 is 0 Å². The van der Waals surface area contributed by atoms with Crippen LogP contribution >= 0.6 is 22.9 Å². The van der Waals surface area contributed by atoms with E-state index in [-0.39, 0.29) is 17.0 Å². The maximum Gasteiger partial charge on any atom is 0.319 e. The van der Waals surface area contributed by atoms with Crippen LogP contribution in [0.15, 0.2) is 35.7 Å². The molecular weight excluding hydrogens is 310 g/mol. The molecule has 0 aliphatic rings. The molecule has 5 nitrogen and oxygen atoms in total. The first-order valence-corrected chi connectivity index (χ1v) is 7.45. The van der Waals surface area contributed by atoms with E-state index < -0.39 is 0 Å². The maximum atomic E-state index is 11.8. The summed E-state index contributed by atoms with van der Waals surface area (Å²) >= 11 is 7.59. The second kappa shape index (κ2) is 7.10. The fourth-order valence-electron chi connectivity index (χ4n) is 1.67. The molecular formula is C14H14ClN3O2S. The average Bonchev–Trinajstić information content (AvgIpc) is 2.98. The van der Waals surface area contributed by atoms with Gasteiger partial charge in [0.05, 0.1) is 17.1 Å². The van der Waals surface area contributed by atoms with Gasteiger partial charge in [0.25, 0.3) is 5.91 Å². The van der Waals surface area contributed by atoms with Gasteiger partial charge < -0.3 is 16.0 Å². The minimum absolute atomic E-state index is 0.270. The number of hydrogen-bond donors (Lipinski definition) is 3. The van der Waals surface area contributed by atoms with Crippen molar-refractivity contribution in [1.82, 2.24) is 10.6 Å². The molecule has 0 atom stereocenters. The van der Waals surface area contributed by atoms with Crippen molar-refractivity contribution in [2.45, 2.75) is 6.54 Å². The summed E-state index contributed by atoms with van der Waals surface area (Å²) in [6, 6.07) is 8.28. The molecule has 0 saturated carbocycles. The Hall–Kier alpha value is -2.05. The number of rotatable bonds is 4. The SMILES string of the molecule is CNC(=O)c1ccc(NC(=O)NCc2cccs2)cc1Cl. The molecule has 0 spiro atoms. The molecule has 2 rings (SSSR count). The van der Waals surface area contributed by atoms with Gasteiger partial charge in [0.1, 0.15) is 0 Å². The number of halogens is 1. The van der Waals surface area contributed by atoms with E-state index in [2.05, 4.69) is 16.0 Å². The van der Waals surface area contributed by atoms with Gasteiger partial charge in [-0.3, -0.25) is 4.79 Å². The van der Waals surface area contributed by atoms with Crippen LogP contribution < -0.4 is 16.0 Å². The number of amides is 3. The fourth-order valence-corrected chi connectivity index (χ4v) is 2.58. The molecule has 0 saturated heterocycles. The molecule has 1 aromatic carbocycles. The number of nitrogens with one attached hydrogen (secondary N) is 3. The van der Waals surface area contributed by atoms with Crippen LogP contribution in [0.3, 0.4) is 0 Å². The van der Waals surface area contributed by atoms with E-state index in [1.54, 1.807) is 23.5 Å². The Kier molecular flexibility index (Phi) is 5.19. The molecule has 1 heterocycles. The zero-order valence-electron chi connectivity index (χ0n) is 11.3. The summed E-state index contributed by atoms with van der Waals surface area (Å²) in [5.41, 5.74) is 0.889. The van der Waals surface area contributed by atoms with Crippen LogP contribution in [0.1, 0.15) is 15.2 Å². The zero-order chi connectivity index (χ0) is 15.2. The van der Waals surface area contributed by atoms with E-state index in [4.69, 9.17) is 11.6 Å². The first kappa shape index (κ1) is 15.3. The second-order valence-electron chi connectivity index (χ2n) is 4.16. The van der Waals surface area contributed by atoms with Gasteiger partial charge in [0.15, 0.2) is 0 Å². The number of anilines is 1. The van der Waals surface area contributed by atoms with Gasteiger partial charge in [-0.15, -0.1) is 11.3 Å². The lowest BCUT2D eigenvalue weighted by Gasteiger charge is -2.09. The molecule has 2 aromatic rings. The average molecular weight is 324 g/mol. The van der Waals surface area contributed by atoms with Crippen molar-refractivity contribution >= 4 is 40.6 Å². The third kappa shape index (κ3) is 4.21. The molecule has 110 valence electrons. The van der Waals surface area contributed by atoms with Crippen LogP contribution in [0, 0.1) is 0 Å². The van der Waals surface area contributed by atoms with Crippen LogP contribution in [0.25, 0.3) is 0 Å². The predicted molar refractivity (Wildman–Crippen MR) is 85.0 cm³/mol. The summed E-state index contributed by atoms with van der Waals surface area (Å²) in [6.45, 7) is 0.466. The van der Waals surface area contributed by atoms with E-state index in [1.807, 2.05) is 17.5 Å². The lowest BCUT2D eigenvalue weighted by Crippen LogP contribution is -2.27. The van der Waals surface area contributed by atoms with E-state index in [1.165, 1.54) is 13.1 Å². The lowest BCUT2D eigenvalue weighted by molar-refractivity contribution is 0.0963.